The van der Waals surface area contributed by atoms with Crippen molar-refractivity contribution in [2.45, 2.75) is 6.92 Å². The van der Waals surface area contributed by atoms with Crippen LogP contribution in [0.5, 0.6) is 17.2 Å². The predicted octanol–water partition coefficient (Wildman–Crippen LogP) is 4.33. The molecule has 2 aliphatic heterocycles. The minimum Gasteiger partial charge on any atom is -0.494 e. The summed E-state index contributed by atoms with van der Waals surface area (Å²) in [5.41, 5.74) is 2.17. The molecule has 0 radical (unpaired) electrons. The number of amidine groups is 1. The number of ether oxygens (including phenoxy) is 2. The van der Waals surface area contributed by atoms with E-state index in [-0.39, 0.29) is 5.56 Å². The van der Waals surface area contributed by atoms with E-state index in [4.69, 9.17) is 26.1 Å². The molecule has 0 saturated carbocycles. The van der Waals surface area contributed by atoms with Gasteiger partial charge in [-0.15, -0.1) is 0 Å². The molecule has 2 aliphatic rings. The van der Waals surface area contributed by atoms with Crippen LogP contribution in [0.2, 0.25) is 5.02 Å². The molecule has 12 nitrogen and oxygen atoms in total. The summed E-state index contributed by atoms with van der Waals surface area (Å²) < 4.78 is 13.2. The first-order valence-corrected chi connectivity index (χ1v) is 14.0. The number of fused-ring (bicyclic) bond motifs is 3. The summed E-state index contributed by atoms with van der Waals surface area (Å²) in [6.45, 7) is 3.34. The molecule has 1 saturated heterocycles. The molecule has 216 valence electrons. The molecule has 0 spiro atoms. The summed E-state index contributed by atoms with van der Waals surface area (Å²) in [5, 5.41) is 5.34. The van der Waals surface area contributed by atoms with E-state index in [9.17, 15) is 9.59 Å². The minimum absolute atomic E-state index is 0.199. The van der Waals surface area contributed by atoms with E-state index in [1.54, 1.807) is 17.9 Å². The van der Waals surface area contributed by atoms with Crippen LogP contribution in [0, 0.1) is 6.92 Å². The zero-order valence-corrected chi connectivity index (χ0v) is 24.0. The van der Waals surface area contributed by atoms with Crippen LogP contribution in [0.15, 0.2) is 66.2 Å². The van der Waals surface area contributed by atoms with Crippen LogP contribution in [-0.4, -0.2) is 85.3 Å². The van der Waals surface area contributed by atoms with Gasteiger partial charge in [-0.05, 0) is 37.3 Å². The van der Waals surface area contributed by atoms with Crippen molar-refractivity contribution in [1.82, 2.24) is 34.5 Å². The number of pyridine rings is 1. The molecule has 43 heavy (non-hydrogen) atoms. The summed E-state index contributed by atoms with van der Waals surface area (Å²) in [6, 6.07) is 13.0. The first kappa shape index (κ1) is 26.7. The van der Waals surface area contributed by atoms with Gasteiger partial charge in [0.1, 0.15) is 35.2 Å². The third-order valence-electron chi connectivity index (χ3n) is 7.50. The molecule has 0 bridgehead atoms. The number of aromatic nitrogens is 5. The molecule has 3 aromatic heterocycles. The lowest BCUT2D eigenvalue weighted by Gasteiger charge is -2.36. The van der Waals surface area contributed by atoms with E-state index < -0.39 is 11.7 Å². The van der Waals surface area contributed by atoms with E-state index >= 15 is 0 Å². The second kappa shape index (κ2) is 10.6. The number of nitrogens with one attached hydrogen (secondary N) is 1. The van der Waals surface area contributed by atoms with Crippen LogP contribution in [0.4, 0.5) is 5.69 Å². The number of aryl methyl sites for hydroxylation is 1. The van der Waals surface area contributed by atoms with Crippen molar-refractivity contribution in [2.24, 2.45) is 4.99 Å². The number of hydrogen-bond donors (Lipinski definition) is 1. The molecule has 2 aromatic carbocycles. The summed E-state index contributed by atoms with van der Waals surface area (Å²) >= 11 is 6.36. The van der Waals surface area contributed by atoms with Gasteiger partial charge in [0.2, 0.25) is 0 Å². The predicted molar refractivity (Wildman–Crippen MR) is 159 cm³/mol. The molecule has 13 heteroatoms. The van der Waals surface area contributed by atoms with Gasteiger partial charge in [-0.2, -0.15) is 5.10 Å². The first-order valence-electron chi connectivity index (χ1n) is 13.6. The lowest BCUT2D eigenvalue weighted by atomic mass is 10.1. The zero-order chi connectivity index (χ0) is 29.7. The fourth-order valence-electron chi connectivity index (χ4n) is 5.38. The van der Waals surface area contributed by atoms with Crippen LogP contribution in [0.3, 0.4) is 0 Å². The quantitative estimate of drug-likeness (QED) is 0.240. The number of Topliss-reactive ketones (excluding diaryl/α,β-unsaturated/α-hetero) is 1. The summed E-state index contributed by atoms with van der Waals surface area (Å²) in [4.78, 5) is 47.4. The minimum atomic E-state index is -0.642. The van der Waals surface area contributed by atoms with Crippen molar-refractivity contribution in [1.29, 1.82) is 0 Å². The number of aromatic amines is 1. The van der Waals surface area contributed by atoms with Crippen LogP contribution in [-0.2, 0) is 4.79 Å². The second-order valence-corrected chi connectivity index (χ2v) is 10.5. The number of hydrogen-bond acceptors (Lipinski definition) is 9. The monoisotopic (exact) mass is 596 g/mol. The SMILES string of the molecule is COc1cnc(-n2cnc(C)n2)c2[nH]cc(C(=O)C(=O)N3CCN(C4=Nc5ccccc5Oc5ccc(Cl)cc54)CC3)c12. The largest absolute Gasteiger partial charge is 0.494 e. The maximum Gasteiger partial charge on any atom is 0.295 e. The van der Waals surface area contributed by atoms with Crippen LogP contribution < -0.4 is 9.47 Å². The number of carbonyl (C=O) groups excluding carboxylic acids is 2. The lowest BCUT2D eigenvalue weighted by molar-refractivity contribution is -0.127. The number of nitrogens with zero attached hydrogens (tertiary/aromatic N) is 7. The van der Waals surface area contributed by atoms with Crippen LogP contribution in [0.25, 0.3) is 16.7 Å². The molecule has 1 N–H and O–H groups in total. The molecule has 1 fully saturated rings. The number of piperazine rings is 1. The number of methoxy groups -OCH3 is 1. The van der Waals surface area contributed by atoms with E-state index in [0.29, 0.717) is 82.5 Å². The Morgan fingerprint density at radius 2 is 1.86 bits per heavy atom. The number of rotatable bonds is 4. The Kier molecular flexibility index (Phi) is 6.54. The van der Waals surface area contributed by atoms with E-state index in [2.05, 4.69) is 25.0 Å². The van der Waals surface area contributed by atoms with E-state index in [0.717, 1.165) is 5.56 Å². The van der Waals surface area contributed by atoms with E-state index in [1.165, 1.54) is 30.5 Å². The summed E-state index contributed by atoms with van der Waals surface area (Å²) in [5.74, 6) is 2.12. The van der Waals surface area contributed by atoms with Crippen molar-refractivity contribution < 1.29 is 19.1 Å². The third kappa shape index (κ3) is 4.65. The molecule has 0 atom stereocenters. The van der Waals surface area contributed by atoms with Gasteiger partial charge in [-0.25, -0.2) is 19.6 Å². The molecule has 0 unspecified atom stereocenters. The number of halogens is 1. The second-order valence-electron chi connectivity index (χ2n) is 10.1. The highest BCUT2D eigenvalue weighted by atomic mass is 35.5. The highest BCUT2D eigenvalue weighted by molar-refractivity contribution is 6.45. The van der Waals surface area contributed by atoms with Gasteiger partial charge in [0.05, 0.1) is 35.3 Å². The standard InChI is InChI=1S/C30H25ClN8O4/c1-17-34-16-39(36-17)29-26-25(24(42-2)15-33-29)20(14-32-26)27(40)30(41)38-11-9-37(10-12-38)28-19-13-18(31)7-8-22(19)43-23-6-4-3-5-21(23)35-28/h3-8,13-16,32H,9-12H2,1-2H3. The van der Waals surface area contributed by atoms with Crippen LogP contribution in [0.1, 0.15) is 21.7 Å². The van der Waals surface area contributed by atoms with Gasteiger partial charge >= 0.3 is 0 Å². The number of amides is 1. The smallest absolute Gasteiger partial charge is 0.295 e. The molecule has 0 aliphatic carbocycles. The number of H-pyrrole nitrogens is 1. The maximum atomic E-state index is 13.6. The number of benzene rings is 2. The topological polar surface area (TPSA) is 131 Å². The van der Waals surface area contributed by atoms with E-state index in [1.807, 2.05) is 36.4 Å². The Hall–Kier alpha value is -5.23. The molecular weight excluding hydrogens is 572 g/mol. The van der Waals surface area contributed by atoms with Crippen molar-refractivity contribution in [3.63, 3.8) is 0 Å². The zero-order valence-electron chi connectivity index (χ0n) is 23.2. The van der Waals surface area contributed by atoms with Crippen molar-refractivity contribution >= 4 is 45.7 Å². The van der Waals surface area contributed by atoms with Gasteiger partial charge in [-0.1, -0.05) is 23.7 Å². The molecule has 1 amide bonds. The fourth-order valence-corrected chi connectivity index (χ4v) is 5.55. The molecule has 7 rings (SSSR count). The van der Waals surface area contributed by atoms with Gasteiger partial charge in [0.25, 0.3) is 11.7 Å². The summed E-state index contributed by atoms with van der Waals surface area (Å²) in [6.07, 6.45) is 4.55. The fraction of sp³-hybridized carbons (Fsp3) is 0.200. The van der Waals surface area contributed by atoms with Crippen molar-refractivity contribution in [3.8, 4) is 23.1 Å². The number of carbonyl (C=O) groups is 2. The Morgan fingerprint density at radius 1 is 1.05 bits per heavy atom. The highest BCUT2D eigenvalue weighted by Gasteiger charge is 2.32. The van der Waals surface area contributed by atoms with Gasteiger partial charge in [-0.3, -0.25) is 9.59 Å². The molecule has 5 aromatic rings. The first-order chi connectivity index (χ1) is 20.9. The Bertz CT molecular complexity index is 1940. The Morgan fingerprint density at radius 3 is 2.63 bits per heavy atom. The number of ketones is 1. The average Bonchev–Trinajstić information content (AvgIpc) is 3.63. The normalized spacial score (nSPS) is 14.4. The Labute approximate surface area is 250 Å². The van der Waals surface area contributed by atoms with Gasteiger partial charge < -0.3 is 24.3 Å². The third-order valence-corrected chi connectivity index (χ3v) is 7.73. The average molecular weight is 597 g/mol. The molecule has 5 heterocycles. The van der Waals surface area contributed by atoms with Crippen molar-refractivity contribution in [3.05, 3.63) is 83.2 Å². The molecular formula is C30H25ClN8O4. The number of aliphatic imine (C=N–C) groups is 1. The van der Waals surface area contributed by atoms with Crippen molar-refractivity contribution in [2.75, 3.05) is 33.3 Å². The number of para-hydroxylation sites is 2. The van der Waals surface area contributed by atoms with Gasteiger partial charge in [0, 0.05) is 37.4 Å². The summed E-state index contributed by atoms with van der Waals surface area (Å²) in [7, 11) is 1.49. The van der Waals surface area contributed by atoms with Gasteiger partial charge in [0.15, 0.2) is 11.6 Å². The highest BCUT2D eigenvalue weighted by Crippen LogP contribution is 2.39. The Balaban J connectivity index is 1.15. The maximum absolute atomic E-state index is 13.6. The van der Waals surface area contributed by atoms with Crippen LogP contribution >= 0.6 is 11.6 Å². The lowest BCUT2D eigenvalue weighted by Crippen LogP contribution is -2.52.